The third kappa shape index (κ3) is 8.76. The first-order chi connectivity index (χ1) is 20.6. The minimum atomic E-state index is -1.07. The molecule has 1 atom stereocenters. The van der Waals surface area contributed by atoms with Crippen LogP contribution in [0.3, 0.4) is 0 Å². The van der Waals surface area contributed by atoms with E-state index in [4.69, 9.17) is 9.84 Å². The van der Waals surface area contributed by atoms with Crippen LogP contribution in [0.4, 0.5) is 0 Å². The Labute approximate surface area is 253 Å². The van der Waals surface area contributed by atoms with Crippen molar-refractivity contribution in [3.05, 3.63) is 132 Å². The van der Waals surface area contributed by atoms with Crippen LogP contribution >= 0.6 is 0 Å². The summed E-state index contributed by atoms with van der Waals surface area (Å²) in [4.78, 5) is 27.7. The van der Waals surface area contributed by atoms with Crippen LogP contribution in [-0.2, 0) is 10.2 Å². The molecule has 0 spiro atoms. The molecular formula is C37H38N2O4. The van der Waals surface area contributed by atoms with E-state index in [1.807, 2.05) is 36.4 Å². The van der Waals surface area contributed by atoms with Gasteiger partial charge >= 0.3 is 5.97 Å². The maximum Gasteiger partial charge on any atom is 0.326 e. The van der Waals surface area contributed by atoms with E-state index in [0.717, 1.165) is 22.9 Å². The molecule has 0 bridgehead atoms. The van der Waals surface area contributed by atoms with Gasteiger partial charge in [0.05, 0.1) is 0 Å². The van der Waals surface area contributed by atoms with Gasteiger partial charge in [-0.2, -0.15) is 0 Å². The first-order valence-corrected chi connectivity index (χ1v) is 14.4. The molecule has 43 heavy (non-hydrogen) atoms. The molecule has 1 aromatic heterocycles. The average Bonchev–Trinajstić information content (AvgIpc) is 3.30. The molecular weight excluding hydrogens is 536 g/mol. The van der Waals surface area contributed by atoms with E-state index in [1.165, 1.54) is 16.7 Å². The monoisotopic (exact) mass is 574 g/mol. The number of nitrogens with one attached hydrogen (secondary N) is 1. The Hall–Kier alpha value is -4.97. The number of benzene rings is 3. The number of fused-ring (bicyclic) bond motifs is 1. The fourth-order valence-electron chi connectivity index (χ4n) is 4.44. The lowest BCUT2D eigenvalue weighted by Crippen LogP contribution is -2.40. The van der Waals surface area contributed by atoms with Gasteiger partial charge in [-0.05, 0) is 76.7 Å². The normalized spacial score (nSPS) is 13.3. The van der Waals surface area contributed by atoms with Crippen LogP contribution in [0, 0.1) is 0 Å². The molecule has 5 rings (SSSR count). The lowest BCUT2D eigenvalue weighted by atomic mass is 9.87. The van der Waals surface area contributed by atoms with Crippen molar-refractivity contribution in [3.63, 3.8) is 0 Å². The van der Waals surface area contributed by atoms with Crippen molar-refractivity contribution >= 4 is 28.2 Å². The highest BCUT2D eigenvalue weighted by atomic mass is 16.5. The van der Waals surface area contributed by atoms with Gasteiger partial charge in [0.2, 0.25) is 0 Å². The summed E-state index contributed by atoms with van der Waals surface area (Å²) in [7, 11) is 0. The van der Waals surface area contributed by atoms with Crippen molar-refractivity contribution in [2.24, 2.45) is 0 Å². The largest absolute Gasteiger partial charge is 0.480 e. The number of hydrogen-bond donors (Lipinski definition) is 2. The zero-order chi connectivity index (χ0) is 30.8. The number of carboxylic acid groups (broad SMARTS) is 1. The summed E-state index contributed by atoms with van der Waals surface area (Å²) in [5.74, 6) is -0.225. The Kier molecular flexibility index (Phi) is 10.3. The number of carbonyl (C=O) groups is 2. The van der Waals surface area contributed by atoms with Gasteiger partial charge in [0, 0.05) is 11.6 Å². The van der Waals surface area contributed by atoms with Crippen LogP contribution in [0.2, 0.25) is 0 Å². The predicted octanol–water partition coefficient (Wildman–Crippen LogP) is 8.50. The van der Waals surface area contributed by atoms with E-state index in [2.05, 4.69) is 97.9 Å². The molecule has 2 N–H and O–H groups in total. The van der Waals surface area contributed by atoms with Crippen LogP contribution in [0.1, 0.15) is 62.2 Å². The number of rotatable bonds is 7. The number of carbonyl (C=O) groups excluding carboxylic acids is 1. The Morgan fingerprint density at radius 2 is 1.65 bits per heavy atom. The maximum absolute atomic E-state index is 12.4. The molecule has 1 unspecified atom stereocenters. The Balaban J connectivity index is 0.000000269. The number of hydrogen-bond acceptors (Lipinski definition) is 4. The van der Waals surface area contributed by atoms with E-state index in [1.54, 1.807) is 19.2 Å². The topological polar surface area (TPSA) is 88.5 Å². The SMILES string of the molecule is C1=CCC=CC(c2ccccc2)=C1.CCC(NC(=O)c1cc2cc(Oc3ccc(C(C)(C)C)cc3)ccc2cn1)C(=O)O. The number of aromatic nitrogens is 1. The summed E-state index contributed by atoms with van der Waals surface area (Å²) < 4.78 is 5.97. The third-order valence-electron chi connectivity index (χ3n) is 6.98. The standard InChI is InChI=1S/C24H26N2O4.C13H12/c1-5-20(23(28)29)26-22(27)21-13-16-12-19(9-6-15(16)14-25-21)30-18-10-7-17(8-11-18)24(2,3)4;1-2-5-9-12(8-4-1)13-10-6-3-7-11-13/h6-14,20H,5H2,1-4H3,(H,26,27)(H,28,29);1,3-11H,2H2. The Bertz CT molecular complexity index is 1650. The molecule has 0 fully saturated rings. The van der Waals surface area contributed by atoms with Crippen LogP contribution in [0.15, 0.2) is 115 Å². The van der Waals surface area contributed by atoms with Gasteiger partial charge in [-0.1, -0.05) is 101 Å². The zero-order valence-electron chi connectivity index (χ0n) is 25.1. The first kappa shape index (κ1) is 31.0. The highest BCUT2D eigenvalue weighted by molar-refractivity contribution is 5.98. The van der Waals surface area contributed by atoms with Gasteiger partial charge < -0.3 is 15.2 Å². The van der Waals surface area contributed by atoms with Crippen molar-refractivity contribution in [1.82, 2.24) is 10.3 Å². The summed E-state index contributed by atoms with van der Waals surface area (Å²) in [5.41, 5.74) is 4.03. The quantitative estimate of drug-likeness (QED) is 0.231. The van der Waals surface area contributed by atoms with E-state index >= 15 is 0 Å². The predicted molar refractivity (Wildman–Crippen MR) is 173 cm³/mol. The molecule has 4 aromatic rings. The minimum Gasteiger partial charge on any atom is -0.480 e. The molecule has 6 nitrogen and oxygen atoms in total. The smallest absolute Gasteiger partial charge is 0.326 e. The van der Waals surface area contributed by atoms with Gasteiger partial charge in [-0.25, -0.2) is 4.79 Å². The van der Waals surface area contributed by atoms with Gasteiger partial charge in [-0.15, -0.1) is 0 Å². The first-order valence-electron chi connectivity index (χ1n) is 14.4. The lowest BCUT2D eigenvalue weighted by molar-refractivity contribution is -0.139. The van der Waals surface area contributed by atoms with Gasteiger partial charge in [0.1, 0.15) is 23.2 Å². The molecule has 0 radical (unpaired) electrons. The number of aliphatic carboxylic acids is 1. The molecule has 6 heteroatoms. The minimum absolute atomic E-state index is 0.0723. The molecule has 1 aliphatic rings. The lowest BCUT2D eigenvalue weighted by Gasteiger charge is -2.19. The molecule has 1 heterocycles. The Morgan fingerprint density at radius 1 is 0.930 bits per heavy atom. The van der Waals surface area contributed by atoms with Crippen molar-refractivity contribution < 1.29 is 19.4 Å². The molecule has 1 aliphatic carbocycles. The molecule has 0 aliphatic heterocycles. The molecule has 1 amide bonds. The van der Waals surface area contributed by atoms with Crippen molar-refractivity contribution in [3.8, 4) is 11.5 Å². The summed E-state index contributed by atoms with van der Waals surface area (Å²) >= 11 is 0. The van der Waals surface area contributed by atoms with Crippen molar-refractivity contribution in [2.75, 3.05) is 0 Å². The fraction of sp³-hybridized carbons (Fsp3) is 0.216. The number of ether oxygens (including phenoxy) is 1. The summed E-state index contributed by atoms with van der Waals surface area (Å²) in [6.07, 6.45) is 13.7. The van der Waals surface area contributed by atoms with Crippen LogP contribution in [0.5, 0.6) is 11.5 Å². The van der Waals surface area contributed by atoms with Crippen molar-refractivity contribution in [2.45, 2.75) is 52.0 Å². The zero-order valence-corrected chi connectivity index (χ0v) is 25.1. The summed E-state index contributed by atoms with van der Waals surface area (Å²) in [6, 6.07) is 24.7. The Morgan fingerprint density at radius 3 is 2.33 bits per heavy atom. The number of pyridine rings is 1. The second kappa shape index (κ2) is 14.3. The van der Waals surface area contributed by atoms with Crippen LogP contribution < -0.4 is 10.1 Å². The van der Waals surface area contributed by atoms with Crippen molar-refractivity contribution in [1.29, 1.82) is 0 Å². The molecule has 3 aromatic carbocycles. The second-order valence-corrected chi connectivity index (χ2v) is 11.3. The van der Waals surface area contributed by atoms with Gasteiger partial charge in [0.25, 0.3) is 5.91 Å². The fourth-order valence-corrected chi connectivity index (χ4v) is 4.44. The third-order valence-corrected chi connectivity index (χ3v) is 6.98. The van der Waals surface area contributed by atoms with Crippen LogP contribution in [0.25, 0.3) is 16.3 Å². The van der Waals surface area contributed by atoms with E-state index in [9.17, 15) is 9.59 Å². The number of amides is 1. The highest BCUT2D eigenvalue weighted by Gasteiger charge is 2.19. The van der Waals surface area contributed by atoms with Gasteiger partial charge in [-0.3, -0.25) is 9.78 Å². The summed E-state index contributed by atoms with van der Waals surface area (Å²) in [6.45, 7) is 8.18. The number of nitrogens with zero attached hydrogens (tertiary/aromatic N) is 1. The number of allylic oxidation sites excluding steroid dienone is 6. The number of carboxylic acids is 1. The van der Waals surface area contributed by atoms with Gasteiger partial charge in [0.15, 0.2) is 0 Å². The van der Waals surface area contributed by atoms with E-state index in [-0.39, 0.29) is 11.1 Å². The van der Waals surface area contributed by atoms with Crippen LogP contribution in [-0.4, -0.2) is 28.0 Å². The molecule has 220 valence electrons. The maximum atomic E-state index is 12.4. The van der Waals surface area contributed by atoms with E-state index < -0.39 is 17.9 Å². The molecule has 0 saturated heterocycles. The van der Waals surface area contributed by atoms with E-state index in [0.29, 0.717) is 12.2 Å². The molecule has 0 saturated carbocycles. The highest BCUT2D eigenvalue weighted by Crippen LogP contribution is 2.29. The second-order valence-electron chi connectivity index (χ2n) is 11.3. The summed E-state index contributed by atoms with van der Waals surface area (Å²) in [5, 5.41) is 13.2. The average molecular weight is 575 g/mol.